The lowest BCUT2D eigenvalue weighted by atomic mass is 9.92. The summed E-state index contributed by atoms with van der Waals surface area (Å²) in [5, 5.41) is 2.86. The number of likely N-dealkylation sites (N-methyl/N-ethyl adjacent to an activating group) is 1. The molecule has 0 spiro atoms. The standard InChI is InChI=1S/C18H28N2O3/c1-6-20(7-2)17(22)13-23-15-10-8-9-14(11-15)19-16(21)12-18(3,4)5/h8-11H,6-7,12-13H2,1-5H3,(H,19,21). The Labute approximate surface area is 139 Å². The molecule has 1 aromatic rings. The molecule has 0 saturated carbocycles. The van der Waals surface area contributed by atoms with E-state index in [-0.39, 0.29) is 23.8 Å². The molecule has 0 unspecified atom stereocenters. The summed E-state index contributed by atoms with van der Waals surface area (Å²) in [5.74, 6) is 0.491. The van der Waals surface area contributed by atoms with Gasteiger partial charge in [0.25, 0.3) is 5.91 Å². The maximum absolute atomic E-state index is 12.0. The van der Waals surface area contributed by atoms with Crippen LogP contribution in [0.3, 0.4) is 0 Å². The third kappa shape index (κ3) is 7.17. The molecule has 0 aliphatic rings. The summed E-state index contributed by atoms with van der Waals surface area (Å²) in [6.45, 7) is 11.3. The van der Waals surface area contributed by atoms with Gasteiger partial charge in [0.1, 0.15) is 5.75 Å². The lowest BCUT2D eigenvalue weighted by Gasteiger charge is -2.19. The molecular formula is C18H28N2O3. The van der Waals surface area contributed by atoms with E-state index < -0.39 is 0 Å². The van der Waals surface area contributed by atoms with Crippen molar-refractivity contribution in [2.75, 3.05) is 25.0 Å². The van der Waals surface area contributed by atoms with E-state index in [0.29, 0.717) is 30.9 Å². The summed E-state index contributed by atoms with van der Waals surface area (Å²) in [5.41, 5.74) is 0.612. The highest BCUT2D eigenvalue weighted by molar-refractivity contribution is 5.91. The Balaban J connectivity index is 2.60. The molecular weight excluding hydrogens is 292 g/mol. The largest absolute Gasteiger partial charge is 0.484 e. The van der Waals surface area contributed by atoms with Crippen LogP contribution in [0, 0.1) is 5.41 Å². The van der Waals surface area contributed by atoms with Crippen molar-refractivity contribution in [3.05, 3.63) is 24.3 Å². The molecule has 0 aromatic heterocycles. The van der Waals surface area contributed by atoms with Crippen LogP contribution in [0.5, 0.6) is 5.75 Å². The Morgan fingerprint density at radius 2 is 1.83 bits per heavy atom. The number of hydrogen-bond acceptors (Lipinski definition) is 3. The average molecular weight is 320 g/mol. The normalized spacial score (nSPS) is 11.0. The minimum Gasteiger partial charge on any atom is -0.484 e. The Bertz CT molecular complexity index is 531. The fraction of sp³-hybridized carbons (Fsp3) is 0.556. The SMILES string of the molecule is CCN(CC)C(=O)COc1cccc(NC(=O)CC(C)(C)C)c1. The zero-order valence-electron chi connectivity index (χ0n) is 14.8. The van der Waals surface area contributed by atoms with Gasteiger partial charge in [0.2, 0.25) is 5.91 Å². The average Bonchev–Trinajstić information content (AvgIpc) is 2.44. The smallest absolute Gasteiger partial charge is 0.260 e. The Hall–Kier alpha value is -2.04. The lowest BCUT2D eigenvalue weighted by molar-refractivity contribution is -0.133. The molecule has 0 aliphatic carbocycles. The molecule has 23 heavy (non-hydrogen) atoms. The van der Waals surface area contributed by atoms with Crippen LogP contribution in [0.4, 0.5) is 5.69 Å². The number of hydrogen-bond donors (Lipinski definition) is 1. The van der Waals surface area contributed by atoms with Crippen molar-refractivity contribution in [2.45, 2.75) is 41.0 Å². The number of nitrogens with zero attached hydrogens (tertiary/aromatic N) is 1. The summed E-state index contributed by atoms with van der Waals surface area (Å²) < 4.78 is 5.53. The van der Waals surface area contributed by atoms with Crippen molar-refractivity contribution in [2.24, 2.45) is 5.41 Å². The second-order valence-corrected chi connectivity index (χ2v) is 6.67. The van der Waals surface area contributed by atoms with Gasteiger partial charge in [0, 0.05) is 31.3 Å². The molecule has 1 N–H and O–H groups in total. The Morgan fingerprint density at radius 3 is 2.39 bits per heavy atom. The predicted molar refractivity (Wildman–Crippen MR) is 92.6 cm³/mol. The van der Waals surface area contributed by atoms with Gasteiger partial charge in [-0.1, -0.05) is 26.8 Å². The summed E-state index contributed by atoms with van der Waals surface area (Å²) in [6, 6.07) is 7.11. The minimum atomic E-state index is -0.0611. The van der Waals surface area contributed by atoms with E-state index in [2.05, 4.69) is 5.32 Å². The molecule has 0 fully saturated rings. The molecule has 5 heteroatoms. The maximum atomic E-state index is 12.0. The predicted octanol–water partition coefficient (Wildman–Crippen LogP) is 3.31. The van der Waals surface area contributed by atoms with Crippen molar-refractivity contribution >= 4 is 17.5 Å². The lowest BCUT2D eigenvalue weighted by Crippen LogP contribution is -2.34. The Kier molecular flexibility index (Phi) is 7.07. The molecule has 0 radical (unpaired) electrons. The van der Waals surface area contributed by atoms with Crippen LogP contribution in [-0.2, 0) is 9.59 Å². The van der Waals surface area contributed by atoms with E-state index in [9.17, 15) is 9.59 Å². The van der Waals surface area contributed by atoms with Gasteiger partial charge in [-0.25, -0.2) is 0 Å². The molecule has 1 aromatic carbocycles. The van der Waals surface area contributed by atoms with Crippen LogP contribution in [0.25, 0.3) is 0 Å². The third-order valence-corrected chi connectivity index (χ3v) is 3.29. The second-order valence-electron chi connectivity index (χ2n) is 6.67. The van der Waals surface area contributed by atoms with Crippen LogP contribution < -0.4 is 10.1 Å². The molecule has 5 nitrogen and oxygen atoms in total. The van der Waals surface area contributed by atoms with Crippen molar-refractivity contribution in [3.8, 4) is 5.75 Å². The van der Waals surface area contributed by atoms with Crippen LogP contribution >= 0.6 is 0 Å². The van der Waals surface area contributed by atoms with Gasteiger partial charge in [-0.3, -0.25) is 9.59 Å². The monoisotopic (exact) mass is 320 g/mol. The number of rotatable bonds is 7. The molecule has 128 valence electrons. The Morgan fingerprint density at radius 1 is 1.17 bits per heavy atom. The van der Waals surface area contributed by atoms with E-state index in [1.54, 1.807) is 29.2 Å². The van der Waals surface area contributed by atoms with Crippen molar-refractivity contribution in [3.63, 3.8) is 0 Å². The first-order chi connectivity index (χ1) is 10.7. The zero-order valence-corrected chi connectivity index (χ0v) is 14.8. The minimum absolute atomic E-state index is 0.00106. The molecule has 0 bridgehead atoms. The van der Waals surface area contributed by atoms with E-state index in [1.165, 1.54) is 0 Å². The van der Waals surface area contributed by atoms with E-state index in [4.69, 9.17) is 4.74 Å². The van der Waals surface area contributed by atoms with Gasteiger partial charge >= 0.3 is 0 Å². The zero-order chi connectivity index (χ0) is 17.5. The molecule has 2 amide bonds. The summed E-state index contributed by atoms with van der Waals surface area (Å²) in [6.07, 6.45) is 0.443. The highest BCUT2D eigenvalue weighted by Gasteiger charge is 2.16. The number of amides is 2. The quantitative estimate of drug-likeness (QED) is 0.838. The van der Waals surface area contributed by atoms with Gasteiger partial charge in [-0.05, 0) is 31.4 Å². The number of nitrogens with one attached hydrogen (secondary N) is 1. The second kappa shape index (κ2) is 8.56. The number of benzene rings is 1. The molecule has 0 heterocycles. The van der Waals surface area contributed by atoms with E-state index in [1.807, 2.05) is 34.6 Å². The summed E-state index contributed by atoms with van der Waals surface area (Å²) in [7, 11) is 0. The first-order valence-corrected chi connectivity index (χ1v) is 8.05. The summed E-state index contributed by atoms with van der Waals surface area (Å²) in [4.78, 5) is 25.6. The topological polar surface area (TPSA) is 58.6 Å². The maximum Gasteiger partial charge on any atom is 0.260 e. The van der Waals surface area contributed by atoms with Gasteiger partial charge in [0.05, 0.1) is 0 Å². The van der Waals surface area contributed by atoms with Gasteiger partial charge in [-0.15, -0.1) is 0 Å². The van der Waals surface area contributed by atoms with Crippen LogP contribution in [-0.4, -0.2) is 36.4 Å². The van der Waals surface area contributed by atoms with Crippen molar-refractivity contribution < 1.29 is 14.3 Å². The number of carbonyl (C=O) groups excluding carboxylic acids is 2. The summed E-state index contributed by atoms with van der Waals surface area (Å²) >= 11 is 0. The van der Waals surface area contributed by atoms with Crippen molar-refractivity contribution in [1.82, 2.24) is 4.90 Å². The van der Waals surface area contributed by atoms with Gasteiger partial charge in [0.15, 0.2) is 6.61 Å². The molecule has 0 atom stereocenters. The fourth-order valence-electron chi connectivity index (χ4n) is 2.16. The number of ether oxygens (including phenoxy) is 1. The van der Waals surface area contributed by atoms with E-state index >= 15 is 0 Å². The van der Waals surface area contributed by atoms with Gasteiger partial charge < -0.3 is 15.0 Å². The van der Waals surface area contributed by atoms with Crippen molar-refractivity contribution in [1.29, 1.82) is 0 Å². The highest BCUT2D eigenvalue weighted by atomic mass is 16.5. The highest BCUT2D eigenvalue weighted by Crippen LogP contribution is 2.21. The number of anilines is 1. The molecule has 0 saturated heterocycles. The first kappa shape index (κ1) is 19.0. The molecule has 1 rings (SSSR count). The fourth-order valence-corrected chi connectivity index (χ4v) is 2.16. The molecule has 0 aliphatic heterocycles. The van der Waals surface area contributed by atoms with Crippen LogP contribution in [0.2, 0.25) is 0 Å². The first-order valence-electron chi connectivity index (χ1n) is 8.05. The number of carbonyl (C=O) groups is 2. The third-order valence-electron chi connectivity index (χ3n) is 3.29. The van der Waals surface area contributed by atoms with Crippen LogP contribution in [0.15, 0.2) is 24.3 Å². The van der Waals surface area contributed by atoms with E-state index in [0.717, 1.165) is 0 Å². The van der Waals surface area contributed by atoms with Crippen LogP contribution in [0.1, 0.15) is 41.0 Å². The van der Waals surface area contributed by atoms with Gasteiger partial charge in [-0.2, -0.15) is 0 Å².